The third-order valence-electron chi connectivity index (χ3n) is 3.95. The second kappa shape index (κ2) is 5.86. The van der Waals surface area contributed by atoms with Crippen LogP contribution in [0.25, 0.3) is 0 Å². The van der Waals surface area contributed by atoms with E-state index < -0.39 is 10.0 Å². The summed E-state index contributed by atoms with van der Waals surface area (Å²) in [5.74, 6) is 0. The molecular formula is C12H24N2O3S. The zero-order valence-electron chi connectivity index (χ0n) is 11.3. The number of sulfonamides is 1. The van der Waals surface area contributed by atoms with Gasteiger partial charge < -0.3 is 4.74 Å². The van der Waals surface area contributed by atoms with Crippen LogP contribution in [0.1, 0.15) is 26.7 Å². The van der Waals surface area contributed by atoms with Gasteiger partial charge in [0.15, 0.2) is 0 Å². The molecule has 2 aliphatic heterocycles. The van der Waals surface area contributed by atoms with Gasteiger partial charge >= 0.3 is 0 Å². The Balaban J connectivity index is 1.95. The molecule has 0 saturated carbocycles. The molecule has 0 amide bonds. The summed E-state index contributed by atoms with van der Waals surface area (Å²) in [6.45, 7) is 8.44. The van der Waals surface area contributed by atoms with Crippen molar-refractivity contribution in [3.63, 3.8) is 0 Å². The normalized spacial score (nSPS) is 25.7. The second-order valence-electron chi connectivity index (χ2n) is 5.39. The van der Waals surface area contributed by atoms with Gasteiger partial charge in [-0.25, -0.2) is 8.42 Å². The molecule has 106 valence electrons. The van der Waals surface area contributed by atoms with Gasteiger partial charge in [0, 0.05) is 45.4 Å². The molecule has 2 fully saturated rings. The van der Waals surface area contributed by atoms with Crippen LogP contribution in [0, 0.1) is 0 Å². The summed E-state index contributed by atoms with van der Waals surface area (Å²) < 4.78 is 31.9. The molecule has 5 nitrogen and oxygen atoms in total. The number of hydrogen-bond donors (Lipinski definition) is 0. The first-order chi connectivity index (χ1) is 8.51. The number of rotatable bonds is 3. The summed E-state index contributed by atoms with van der Waals surface area (Å²) in [4.78, 5) is 2.33. The number of hydrogen-bond acceptors (Lipinski definition) is 4. The maximum Gasteiger partial charge on any atom is 0.217 e. The van der Waals surface area contributed by atoms with E-state index in [2.05, 4.69) is 18.7 Å². The minimum absolute atomic E-state index is 0.225. The molecule has 2 rings (SSSR count). The average Bonchev–Trinajstić information content (AvgIpc) is 2.40. The van der Waals surface area contributed by atoms with Crippen molar-refractivity contribution in [2.75, 3.05) is 39.4 Å². The van der Waals surface area contributed by atoms with E-state index >= 15 is 0 Å². The summed E-state index contributed by atoms with van der Waals surface area (Å²) in [6.07, 6.45) is 1.29. The van der Waals surface area contributed by atoms with E-state index in [1.165, 1.54) is 0 Å². The molecule has 0 bridgehead atoms. The number of piperazine rings is 1. The van der Waals surface area contributed by atoms with Crippen molar-refractivity contribution in [1.82, 2.24) is 9.21 Å². The highest BCUT2D eigenvalue weighted by Gasteiger charge is 2.35. The van der Waals surface area contributed by atoms with Crippen molar-refractivity contribution in [3.05, 3.63) is 0 Å². The molecule has 0 aromatic heterocycles. The van der Waals surface area contributed by atoms with E-state index in [1.54, 1.807) is 4.31 Å². The van der Waals surface area contributed by atoms with Crippen LogP contribution in [0.5, 0.6) is 0 Å². The molecule has 0 N–H and O–H groups in total. The molecule has 0 aromatic carbocycles. The molecule has 0 spiro atoms. The number of ether oxygens (including phenoxy) is 1. The lowest BCUT2D eigenvalue weighted by Crippen LogP contribution is -2.53. The standard InChI is InChI=1S/C12H24N2O3S/c1-11(2)13-5-7-14(8-6-13)18(15,16)12-3-9-17-10-4-12/h11-12H,3-10H2,1-2H3. The summed E-state index contributed by atoms with van der Waals surface area (Å²) in [7, 11) is -3.11. The van der Waals surface area contributed by atoms with Crippen LogP contribution in [0.3, 0.4) is 0 Å². The van der Waals surface area contributed by atoms with E-state index in [4.69, 9.17) is 4.74 Å². The van der Waals surface area contributed by atoms with Crippen LogP contribution in [0.2, 0.25) is 0 Å². The van der Waals surface area contributed by atoms with E-state index in [1.807, 2.05) is 0 Å². The maximum absolute atomic E-state index is 12.5. The first-order valence-electron chi connectivity index (χ1n) is 6.82. The summed E-state index contributed by atoms with van der Waals surface area (Å²) >= 11 is 0. The van der Waals surface area contributed by atoms with E-state index in [9.17, 15) is 8.42 Å². The van der Waals surface area contributed by atoms with Crippen molar-refractivity contribution in [1.29, 1.82) is 0 Å². The van der Waals surface area contributed by atoms with Crippen molar-refractivity contribution < 1.29 is 13.2 Å². The van der Waals surface area contributed by atoms with E-state index in [-0.39, 0.29) is 5.25 Å². The Morgan fingerprint density at radius 1 is 1.06 bits per heavy atom. The van der Waals surface area contributed by atoms with Crippen LogP contribution in [-0.4, -0.2) is 68.3 Å². The van der Waals surface area contributed by atoms with Gasteiger partial charge in [-0.15, -0.1) is 0 Å². The van der Waals surface area contributed by atoms with Gasteiger partial charge in [0.1, 0.15) is 0 Å². The van der Waals surface area contributed by atoms with Crippen molar-refractivity contribution in [2.24, 2.45) is 0 Å². The summed E-state index contributed by atoms with van der Waals surface area (Å²) in [5.41, 5.74) is 0. The molecule has 2 heterocycles. The largest absolute Gasteiger partial charge is 0.381 e. The fourth-order valence-corrected chi connectivity index (χ4v) is 4.54. The van der Waals surface area contributed by atoms with Gasteiger partial charge in [-0.3, -0.25) is 4.90 Å². The molecule has 0 unspecified atom stereocenters. The summed E-state index contributed by atoms with van der Waals surface area (Å²) in [6, 6.07) is 0.498. The Hall–Kier alpha value is -0.170. The van der Waals surface area contributed by atoms with Gasteiger partial charge in [-0.1, -0.05) is 0 Å². The molecule has 0 aliphatic carbocycles. The quantitative estimate of drug-likeness (QED) is 0.754. The van der Waals surface area contributed by atoms with Crippen LogP contribution >= 0.6 is 0 Å². The van der Waals surface area contributed by atoms with Gasteiger partial charge in [0.25, 0.3) is 0 Å². The monoisotopic (exact) mass is 276 g/mol. The first-order valence-corrected chi connectivity index (χ1v) is 8.33. The van der Waals surface area contributed by atoms with Gasteiger partial charge in [0.2, 0.25) is 10.0 Å². The van der Waals surface area contributed by atoms with E-state index in [0.717, 1.165) is 13.1 Å². The average molecular weight is 276 g/mol. The highest BCUT2D eigenvalue weighted by atomic mass is 32.2. The van der Waals surface area contributed by atoms with Crippen LogP contribution in [0.15, 0.2) is 0 Å². The smallest absolute Gasteiger partial charge is 0.217 e. The van der Waals surface area contributed by atoms with E-state index in [0.29, 0.717) is 45.2 Å². The fraction of sp³-hybridized carbons (Fsp3) is 1.00. The van der Waals surface area contributed by atoms with Crippen LogP contribution in [-0.2, 0) is 14.8 Å². The molecule has 2 saturated heterocycles. The Bertz CT molecular complexity index is 356. The van der Waals surface area contributed by atoms with Gasteiger partial charge in [0.05, 0.1) is 5.25 Å². The minimum atomic E-state index is -3.11. The molecule has 2 aliphatic rings. The minimum Gasteiger partial charge on any atom is -0.381 e. The lowest BCUT2D eigenvalue weighted by molar-refractivity contribution is 0.0957. The highest BCUT2D eigenvalue weighted by Crippen LogP contribution is 2.21. The predicted molar refractivity (Wildman–Crippen MR) is 71.0 cm³/mol. The molecule has 0 radical (unpaired) electrons. The maximum atomic E-state index is 12.5. The zero-order valence-corrected chi connectivity index (χ0v) is 12.2. The lowest BCUT2D eigenvalue weighted by Gasteiger charge is -2.38. The number of nitrogens with zero attached hydrogens (tertiary/aromatic N) is 2. The van der Waals surface area contributed by atoms with Crippen molar-refractivity contribution in [2.45, 2.75) is 38.0 Å². The molecule has 0 aromatic rings. The zero-order chi connectivity index (χ0) is 13.2. The Morgan fingerprint density at radius 2 is 1.61 bits per heavy atom. The molecule has 0 atom stereocenters. The SMILES string of the molecule is CC(C)N1CCN(S(=O)(=O)C2CCOCC2)CC1. The Kier molecular flexibility index (Phi) is 4.64. The molecule has 6 heteroatoms. The van der Waals surface area contributed by atoms with Crippen molar-refractivity contribution >= 4 is 10.0 Å². The second-order valence-corrected chi connectivity index (χ2v) is 7.60. The van der Waals surface area contributed by atoms with Gasteiger partial charge in [-0.05, 0) is 26.7 Å². The highest BCUT2D eigenvalue weighted by molar-refractivity contribution is 7.89. The summed E-state index contributed by atoms with van der Waals surface area (Å²) in [5, 5.41) is -0.225. The Morgan fingerprint density at radius 3 is 2.11 bits per heavy atom. The molecular weight excluding hydrogens is 252 g/mol. The van der Waals surface area contributed by atoms with Crippen LogP contribution in [0.4, 0.5) is 0 Å². The Labute approximate surface area is 110 Å². The molecule has 18 heavy (non-hydrogen) atoms. The van der Waals surface area contributed by atoms with Crippen LogP contribution < -0.4 is 0 Å². The topological polar surface area (TPSA) is 49.9 Å². The fourth-order valence-electron chi connectivity index (χ4n) is 2.66. The first kappa shape index (κ1) is 14.2. The van der Waals surface area contributed by atoms with Crippen molar-refractivity contribution in [3.8, 4) is 0 Å². The third kappa shape index (κ3) is 3.04. The van der Waals surface area contributed by atoms with Gasteiger partial charge in [-0.2, -0.15) is 4.31 Å². The third-order valence-corrected chi connectivity index (χ3v) is 6.35. The predicted octanol–water partition coefficient (Wildman–Crippen LogP) is 0.521. The lowest BCUT2D eigenvalue weighted by atomic mass is 10.2.